The third-order valence-corrected chi connectivity index (χ3v) is 10.9. The van der Waals surface area contributed by atoms with Gasteiger partial charge >= 0.3 is 5.77 Å². The van der Waals surface area contributed by atoms with E-state index in [1.54, 1.807) is 0 Å². The average molecular weight is 355 g/mol. The number of rotatable bonds is 14. The molecule has 0 aliphatic carbocycles. The molecule has 2 unspecified atom stereocenters. The minimum atomic E-state index is -3.10. The number of hydrogen-bond donors (Lipinski definition) is 1. The van der Waals surface area contributed by atoms with Gasteiger partial charge in [0.15, 0.2) is 0 Å². The van der Waals surface area contributed by atoms with Crippen molar-refractivity contribution in [2.45, 2.75) is 102 Å². The molecule has 2 atom stereocenters. The number of unbranched alkanes of at least 4 members (excludes halogenated alkanes) is 4. The van der Waals surface area contributed by atoms with Gasteiger partial charge in [-0.3, -0.25) is 4.57 Å². The molecule has 0 saturated heterocycles. The standard InChI is InChI=1S/C16H35O2PS2/c1-5-9-11-13-15(7-3)20-19(17,18)21-16(8-4)14-12-10-6-2/h15-16H,5-14H2,1-4H3,(H,17,18). The van der Waals surface area contributed by atoms with Crippen molar-refractivity contribution in [3.05, 3.63) is 0 Å². The van der Waals surface area contributed by atoms with Crippen molar-refractivity contribution >= 4 is 28.5 Å². The highest BCUT2D eigenvalue weighted by molar-refractivity contribution is 8.89. The van der Waals surface area contributed by atoms with Crippen LogP contribution in [0.1, 0.15) is 91.9 Å². The van der Waals surface area contributed by atoms with E-state index in [-0.39, 0.29) is 0 Å². The van der Waals surface area contributed by atoms with E-state index >= 15 is 0 Å². The molecule has 0 rings (SSSR count). The Morgan fingerprint density at radius 1 is 0.810 bits per heavy atom. The van der Waals surface area contributed by atoms with E-state index in [4.69, 9.17) is 0 Å². The van der Waals surface area contributed by atoms with Crippen molar-refractivity contribution in [1.82, 2.24) is 0 Å². The molecule has 5 heteroatoms. The summed E-state index contributed by atoms with van der Waals surface area (Å²) in [6.07, 6.45) is 11.4. The lowest BCUT2D eigenvalue weighted by atomic mass is 10.1. The molecule has 0 aromatic heterocycles. The first-order valence-electron chi connectivity index (χ1n) is 8.68. The lowest BCUT2D eigenvalue weighted by Crippen LogP contribution is -2.03. The second-order valence-electron chi connectivity index (χ2n) is 5.73. The Kier molecular flexibility index (Phi) is 13.9. The quantitative estimate of drug-likeness (QED) is 0.263. The van der Waals surface area contributed by atoms with Crippen LogP contribution in [0.3, 0.4) is 0 Å². The van der Waals surface area contributed by atoms with Crippen LogP contribution in [0.2, 0.25) is 0 Å². The van der Waals surface area contributed by atoms with Gasteiger partial charge in [0.2, 0.25) is 0 Å². The maximum Gasteiger partial charge on any atom is 0.311 e. The zero-order valence-corrected chi connectivity index (χ0v) is 16.9. The zero-order valence-electron chi connectivity index (χ0n) is 14.3. The monoisotopic (exact) mass is 354 g/mol. The zero-order chi connectivity index (χ0) is 16.1. The van der Waals surface area contributed by atoms with E-state index in [1.807, 2.05) is 0 Å². The molecule has 128 valence electrons. The normalized spacial score (nSPS) is 17.4. The van der Waals surface area contributed by atoms with E-state index in [1.165, 1.54) is 61.3 Å². The highest BCUT2D eigenvalue weighted by Crippen LogP contribution is 2.69. The van der Waals surface area contributed by atoms with Gasteiger partial charge in [0.05, 0.1) is 0 Å². The summed E-state index contributed by atoms with van der Waals surface area (Å²) in [5.41, 5.74) is 0. The molecule has 0 aliphatic rings. The third-order valence-electron chi connectivity index (χ3n) is 3.73. The van der Waals surface area contributed by atoms with Crippen LogP contribution >= 0.6 is 28.5 Å². The molecule has 0 radical (unpaired) electrons. The van der Waals surface area contributed by atoms with Crippen molar-refractivity contribution in [2.75, 3.05) is 0 Å². The molecule has 0 fully saturated rings. The van der Waals surface area contributed by atoms with Gasteiger partial charge in [-0.05, 0) is 25.7 Å². The Bertz CT molecular complexity index is 263. The van der Waals surface area contributed by atoms with Crippen molar-refractivity contribution < 1.29 is 9.46 Å². The van der Waals surface area contributed by atoms with E-state index in [2.05, 4.69) is 27.7 Å². The second-order valence-corrected chi connectivity index (χ2v) is 13.4. The van der Waals surface area contributed by atoms with E-state index in [0.29, 0.717) is 10.5 Å². The molecule has 2 nitrogen and oxygen atoms in total. The predicted molar refractivity (Wildman–Crippen MR) is 101 cm³/mol. The van der Waals surface area contributed by atoms with E-state index in [0.717, 1.165) is 25.7 Å². The summed E-state index contributed by atoms with van der Waals surface area (Å²) >= 11 is 2.71. The van der Waals surface area contributed by atoms with Gasteiger partial charge < -0.3 is 4.89 Å². The lowest BCUT2D eigenvalue weighted by molar-refractivity contribution is 0.512. The summed E-state index contributed by atoms with van der Waals surface area (Å²) in [5.74, 6) is -3.10. The summed E-state index contributed by atoms with van der Waals surface area (Å²) in [6, 6.07) is 0. The van der Waals surface area contributed by atoms with Crippen LogP contribution in [-0.4, -0.2) is 15.4 Å². The molecule has 1 N–H and O–H groups in total. The molecule has 21 heavy (non-hydrogen) atoms. The minimum absolute atomic E-state index is 0.341. The van der Waals surface area contributed by atoms with Crippen LogP contribution in [0.5, 0.6) is 0 Å². The first-order valence-corrected chi connectivity index (χ1v) is 13.3. The Labute approximate surface area is 140 Å². The van der Waals surface area contributed by atoms with Gasteiger partial charge in [0.25, 0.3) is 0 Å². The maximum atomic E-state index is 12.5. The Morgan fingerprint density at radius 3 is 1.48 bits per heavy atom. The van der Waals surface area contributed by atoms with Crippen molar-refractivity contribution in [3.63, 3.8) is 0 Å². The van der Waals surface area contributed by atoms with Gasteiger partial charge in [-0.2, -0.15) is 0 Å². The van der Waals surface area contributed by atoms with Crippen LogP contribution in [0.25, 0.3) is 0 Å². The van der Waals surface area contributed by atoms with E-state index in [9.17, 15) is 9.46 Å². The predicted octanol–water partition coefficient (Wildman–Crippen LogP) is 7.27. The molecule has 0 amide bonds. The van der Waals surface area contributed by atoms with Crippen molar-refractivity contribution in [2.24, 2.45) is 0 Å². The first-order chi connectivity index (χ1) is 9.99. The van der Waals surface area contributed by atoms with Crippen LogP contribution in [0, 0.1) is 0 Å². The molecule has 0 spiro atoms. The number of hydrogen-bond acceptors (Lipinski definition) is 3. The Balaban J connectivity index is 4.25. The maximum absolute atomic E-state index is 12.5. The molecular formula is C16H35O2PS2. The fourth-order valence-corrected chi connectivity index (χ4v) is 10.5. The van der Waals surface area contributed by atoms with Gasteiger partial charge in [0.1, 0.15) is 0 Å². The summed E-state index contributed by atoms with van der Waals surface area (Å²) in [7, 11) is 0. The molecule has 0 heterocycles. The SMILES string of the molecule is CCCCCC(CC)SP(=O)(O)SC(CC)CCCCC. The summed E-state index contributed by atoms with van der Waals surface area (Å²) in [4.78, 5) is 10.3. The smallest absolute Gasteiger partial charge is 0.311 e. The third kappa shape index (κ3) is 12.0. The molecule has 0 aromatic carbocycles. The Hall–Kier alpha value is 0.890. The topological polar surface area (TPSA) is 37.3 Å². The van der Waals surface area contributed by atoms with Crippen LogP contribution < -0.4 is 0 Å². The van der Waals surface area contributed by atoms with Crippen LogP contribution in [0.15, 0.2) is 0 Å². The summed E-state index contributed by atoms with van der Waals surface area (Å²) in [6.45, 7) is 8.66. The molecule has 0 bridgehead atoms. The Morgan fingerprint density at radius 2 is 1.19 bits per heavy atom. The van der Waals surface area contributed by atoms with Gasteiger partial charge in [0, 0.05) is 10.5 Å². The average Bonchev–Trinajstić information content (AvgIpc) is 2.45. The first kappa shape index (κ1) is 21.9. The molecular weight excluding hydrogens is 319 g/mol. The molecule has 0 aliphatic heterocycles. The fraction of sp³-hybridized carbons (Fsp3) is 1.00. The molecule has 0 saturated carbocycles. The highest BCUT2D eigenvalue weighted by atomic mass is 33.1. The minimum Gasteiger partial charge on any atom is -0.329 e. The van der Waals surface area contributed by atoms with Crippen LogP contribution in [-0.2, 0) is 4.57 Å². The van der Waals surface area contributed by atoms with Gasteiger partial charge in [-0.25, -0.2) is 0 Å². The van der Waals surface area contributed by atoms with Gasteiger partial charge in [-0.15, -0.1) is 0 Å². The largest absolute Gasteiger partial charge is 0.329 e. The van der Waals surface area contributed by atoms with Crippen molar-refractivity contribution in [3.8, 4) is 0 Å². The van der Waals surface area contributed by atoms with Crippen LogP contribution in [0.4, 0.5) is 0 Å². The summed E-state index contributed by atoms with van der Waals surface area (Å²) < 4.78 is 12.5. The molecule has 0 aromatic rings. The fourth-order valence-electron chi connectivity index (χ4n) is 2.31. The summed E-state index contributed by atoms with van der Waals surface area (Å²) in [5, 5.41) is 0.682. The second kappa shape index (κ2) is 13.3. The van der Waals surface area contributed by atoms with Gasteiger partial charge in [-0.1, -0.05) is 89.0 Å². The highest BCUT2D eigenvalue weighted by Gasteiger charge is 2.28. The lowest BCUT2D eigenvalue weighted by Gasteiger charge is -2.22. The van der Waals surface area contributed by atoms with Crippen molar-refractivity contribution in [1.29, 1.82) is 0 Å². The van der Waals surface area contributed by atoms with E-state index < -0.39 is 5.77 Å².